The zero-order valence-electron chi connectivity index (χ0n) is 16.0. The zero-order chi connectivity index (χ0) is 20.0. The van der Waals surface area contributed by atoms with E-state index in [2.05, 4.69) is 34.5 Å². The van der Waals surface area contributed by atoms with Crippen LogP contribution in [0.5, 0.6) is 0 Å². The highest BCUT2D eigenvalue weighted by Gasteiger charge is 2.44. The van der Waals surface area contributed by atoms with Crippen LogP contribution in [0.3, 0.4) is 0 Å². The van der Waals surface area contributed by atoms with Gasteiger partial charge in [0.25, 0.3) is 0 Å². The summed E-state index contributed by atoms with van der Waals surface area (Å²) in [6, 6.07) is 18.5. The van der Waals surface area contributed by atoms with Crippen LogP contribution in [0.15, 0.2) is 53.9 Å². The lowest BCUT2D eigenvalue weighted by Gasteiger charge is -2.25. The maximum absolute atomic E-state index is 14.4. The van der Waals surface area contributed by atoms with Crippen LogP contribution < -0.4 is 5.73 Å². The minimum absolute atomic E-state index is 0.0743. The lowest BCUT2D eigenvalue weighted by molar-refractivity contribution is 0.239. The van der Waals surface area contributed by atoms with Crippen molar-refractivity contribution in [2.24, 2.45) is 5.73 Å². The standard InChI is InChI=1S/C24H22FN3S/c25-20-11-15(6-7-16(20)13-26)19-4-1-3-17(24(19)23-5-2-10-29-23)14-28-18-8-9-22(28)21(27)12-18/h1-7,10-11,18,21-22H,8-9,12,14,27H2/t18-,21+,22+/m1/s1. The van der Waals surface area contributed by atoms with Crippen molar-refractivity contribution >= 4 is 11.3 Å². The molecule has 3 nitrogen and oxygen atoms in total. The first-order valence-corrected chi connectivity index (χ1v) is 10.9. The Morgan fingerprint density at radius 2 is 2.07 bits per heavy atom. The molecule has 2 fully saturated rings. The van der Waals surface area contributed by atoms with E-state index in [4.69, 9.17) is 11.0 Å². The fourth-order valence-electron chi connectivity index (χ4n) is 5.05. The summed E-state index contributed by atoms with van der Waals surface area (Å²) in [5.74, 6) is -0.476. The van der Waals surface area contributed by atoms with Gasteiger partial charge in [0.05, 0.1) is 5.56 Å². The van der Waals surface area contributed by atoms with Gasteiger partial charge in [-0.2, -0.15) is 5.26 Å². The molecule has 3 aromatic rings. The largest absolute Gasteiger partial charge is 0.326 e. The van der Waals surface area contributed by atoms with Crippen molar-refractivity contribution in [3.05, 3.63) is 70.9 Å². The molecule has 2 aromatic carbocycles. The summed E-state index contributed by atoms with van der Waals surface area (Å²) >= 11 is 1.70. The molecule has 0 saturated carbocycles. The third kappa shape index (κ3) is 3.18. The van der Waals surface area contributed by atoms with E-state index in [9.17, 15) is 4.39 Å². The van der Waals surface area contributed by atoms with E-state index in [-0.39, 0.29) is 11.6 Å². The van der Waals surface area contributed by atoms with Gasteiger partial charge in [-0.25, -0.2) is 4.39 Å². The Kier molecular flexibility index (Phi) is 4.71. The van der Waals surface area contributed by atoms with Crippen LogP contribution in [-0.4, -0.2) is 23.0 Å². The third-order valence-electron chi connectivity index (χ3n) is 6.40. The van der Waals surface area contributed by atoms with Crippen molar-refractivity contribution < 1.29 is 4.39 Å². The van der Waals surface area contributed by atoms with Crippen molar-refractivity contribution in [3.8, 4) is 27.6 Å². The van der Waals surface area contributed by atoms with Crippen LogP contribution in [0.4, 0.5) is 4.39 Å². The van der Waals surface area contributed by atoms with Crippen molar-refractivity contribution in [3.63, 3.8) is 0 Å². The number of thiophene rings is 1. The van der Waals surface area contributed by atoms with Crippen molar-refractivity contribution in [1.82, 2.24) is 4.90 Å². The number of nitrogens with two attached hydrogens (primary N) is 1. The molecular weight excluding hydrogens is 381 g/mol. The number of halogens is 1. The monoisotopic (exact) mass is 403 g/mol. The fraction of sp³-hybridized carbons (Fsp3) is 0.292. The molecule has 5 rings (SSSR count). The molecule has 2 bridgehead atoms. The molecular formula is C24H22FN3S. The molecule has 2 saturated heterocycles. The number of rotatable bonds is 4. The highest BCUT2D eigenvalue weighted by Crippen LogP contribution is 2.42. The van der Waals surface area contributed by atoms with Gasteiger partial charge in [-0.1, -0.05) is 30.3 Å². The van der Waals surface area contributed by atoms with Crippen LogP contribution in [0.25, 0.3) is 21.6 Å². The van der Waals surface area contributed by atoms with E-state index in [1.165, 1.54) is 29.3 Å². The number of nitriles is 1. The van der Waals surface area contributed by atoms with Gasteiger partial charge in [0.15, 0.2) is 0 Å². The molecule has 0 unspecified atom stereocenters. The number of nitrogens with zero attached hydrogens (tertiary/aromatic N) is 2. The molecule has 1 aromatic heterocycles. The quantitative estimate of drug-likeness (QED) is 0.655. The Hall–Kier alpha value is -2.52. The van der Waals surface area contributed by atoms with Crippen LogP contribution in [0.2, 0.25) is 0 Å². The fourth-order valence-corrected chi connectivity index (χ4v) is 5.87. The Morgan fingerprint density at radius 3 is 2.72 bits per heavy atom. The Bertz CT molecular complexity index is 1090. The van der Waals surface area contributed by atoms with Gasteiger partial charge in [-0.15, -0.1) is 11.3 Å². The molecule has 29 heavy (non-hydrogen) atoms. The smallest absolute Gasteiger partial charge is 0.141 e. The highest BCUT2D eigenvalue weighted by atomic mass is 32.1. The molecule has 146 valence electrons. The summed E-state index contributed by atoms with van der Waals surface area (Å²) in [7, 11) is 0. The highest BCUT2D eigenvalue weighted by molar-refractivity contribution is 7.13. The SMILES string of the molecule is N#Cc1ccc(-c2cccc(CN3[C@@H]4CC[C@H]3[C@@H](N)C4)c2-c2cccs2)cc1F. The lowest BCUT2D eigenvalue weighted by Crippen LogP contribution is -2.36. The van der Waals surface area contributed by atoms with E-state index < -0.39 is 5.82 Å². The summed E-state index contributed by atoms with van der Waals surface area (Å²) in [5, 5.41) is 11.1. The number of hydrogen-bond donors (Lipinski definition) is 1. The topological polar surface area (TPSA) is 53.0 Å². The summed E-state index contributed by atoms with van der Waals surface area (Å²) in [6.07, 6.45) is 3.49. The first-order valence-electron chi connectivity index (χ1n) is 10.0. The molecule has 0 aliphatic carbocycles. The van der Waals surface area contributed by atoms with Crippen LogP contribution >= 0.6 is 11.3 Å². The molecule has 3 atom stereocenters. The molecule has 0 spiro atoms. The average Bonchev–Trinajstić information content (AvgIpc) is 3.45. The predicted octanol–water partition coefficient (Wildman–Crippen LogP) is 5.16. The molecule has 0 amide bonds. The van der Waals surface area contributed by atoms with Crippen LogP contribution in [-0.2, 0) is 6.54 Å². The molecule has 2 aliphatic heterocycles. The molecule has 2 N–H and O–H groups in total. The number of benzene rings is 2. The van der Waals surface area contributed by atoms with Gasteiger partial charge in [-0.3, -0.25) is 4.90 Å². The second-order valence-electron chi connectivity index (χ2n) is 7.99. The number of fused-ring (bicyclic) bond motifs is 2. The second kappa shape index (κ2) is 7.38. The van der Waals surface area contributed by atoms with Gasteiger partial charge < -0.3 is 5.73 Å². The average molecular weight is 404 g/mol. The summed E-state index contributed by atoms with van der Waals surface area (Å²) in [5.41, 5.74) is 10.6. The predicted molar refractivity (Wildman–Crippen MR) is 115 cm³/mol. The van der Waals surface area contributed by atoms with Gasteiger partial charge in [0, 0.05) is 35.1 Å². The van der Waals surface area contributed by atoms with Gasteiger partial charge in [-0.05, 0) is 59.5 Å². The van der Waals surface area contributed by atoms with Gasteiger partial charge in [0.1, 0.15) is 11.9 Å². The van der Waals surface area contributed by atoms with E-state index in [1.54, 1.807) is 17.4 Å². The van der Waals surface area contributed by atoms with Gasteiger partial charge in [0.2, 0.25) is 0 Å². The van der Waals surface area contributed by atoms with E-state index >= 15 is 0 Å². The summed E-state index contributed by atoms with van der Waals surface area (Å²) in [4.78, 5) is 3.75. The first kappa shape index (κ1) is 18.5. The Labute approximate surface area is 174 Å². The molecule has 3 heterocycles. The molecule has 5 heteroatoms. The Balaban J connectivity index is 1.61. The van der Waals surface area contributed by atoms with Crippen molar-refractivity contribution in [2.75, 3.05) is 0 Å². The minimum atomic E-state index is -0.476. The minimum Gasteiger partial charge on any atom is -0.326 e. The third-order valence-corrected chi connectivity index (χ3v) is 7.29. The van der Waals surface area contributed by atoms with Crippen LogP contribution in [0.1, 0.15) is 30.4 Å². The summed E-state index contributed by atoms with van der Waals surface area (Å²) in [6.45, 7) is 0.864. The van der Waals surface area contributed by atoms with Crippen molar-refractivity contribution in [1.29, 1.82) is 5.26 Å². The Morgan fingerprint density at radius 1 is 1.17 bits per heavy atom. The molecule has 0 radical (unpaired) electrons. The van der Waals surface area contributed by atoms with E-state index in [0.29, 0.717) is 12.1 Å². The van der Waals surface area contributed by atoms with Gasteiger partial charge >= 0.3 is 0 Å². The van der Waals surface area contributed by atoms with E-state index in [1.807, 2.05) is 18.2 Å². The van der Waals surface area contributed by atoms with Crippen molar-refractivity contribution in [2.45, 2.75) is 43.9 Å². The normalized spacial score (nSPS) is 23.4. The maximum Gasteiger partial charge on any atom is 0.141 e. The second-order valence-corrected chi connectivity index (χ2v) is 8.94. The number of hydrogen-bond acceptors (Lipinski definition) is 4. The zero-order valence-corrected chi connectivity index (χ0v) is 16.8. The maximum atomic E-state index is 14.4. The summed E-state index contributed by atoms with van der Waals surface area (Å²) < 4.78 is 14.4. The van der Waals surface area contributed by atoms with E-state index in [0.717, 1.165) is 29.7 Å². The van der Waals surface area contributed by atoms with Crippen LogP contribution in [0, 0.1) is 17.1 Å². The molecule has 2 aliphatic rings. The lowest BCUT2D eigenvalue weighted by atomic mass is 9.93. The first-order chi connectivity index (χ1) is 14.2.